The van der Waals surface area contributed by atoms with Crippen LogP contribution in [-0.2, 0) is 17.8 Å². The number of benzene rings is 1. The predicted octanol–water partition coefficient (Wildman–Crippen LogP) is 2.29. The lowest BCUT2D eigenvalue weighted by atomic mass is 10.1. The average Bonchev–Trinajstić information content (AvgIpc) is 3.43. The first kappa shape index (κ1) is 21.1. The van der Waals surface area contributed by atoms with Crippen LogP contribution in [0.2, 0.25) is 0 Å². The van der Waals surface area contributed by atoms with Gasteiger partial charge in [-0.05, 0) is 44.2 Å². The lowest BCUT2D eigenvalue weighted by Crippen LogP contribution is -2.37. The van der Waals surface area contributed by atoms with E-state index < -0.39 is 0 Å². The van der Waals surface area contributed by atoms with Gasteiger partial charge in [-0.1, -0.05) is 12.1 Å². The van der Waals surface area contributed by atoms with Crippen molar-refractivity contribution in [2.24, 2.45) is 4.99 Å². The number of nitrogens with zero attached hydrogens (tertiary/aromatic N) is 4. The summed E-state index contributed by atoms with van der Waals surface area (Å²) in [5.74, 6) is 1.71. The Bertz CT molecular complexity index is 757. The lowest BCUT2D eigenvalue weighted by molar-refractivity contribution is 0.0676. The van der Waals surface area contributed by atoms with Crippen molar-refractivity contribution in [2.75, 3.05) is 26.8 Å². The van der Waals surface area contributed by atoms with Crippen molar-refractivity contribution in [1.82, 2.24) is 25.4 Å². The molecule has 1 aromatic carbocycles. The minimum Gasteiger partial charge on any atom is -0.491 e. The zero-order valence-electron chi connectivity index (χ0n) is 17.4. The molecular formula is C21H32N6O2. The van der Waals surface area contributed by atoms with Gasteiger partial charge < -0.3 is 24.7 Å². The molecule has 1 aliphatic heterocycles. The van der Waals surface area contributed by atoms with Crippen molar-refractivity contribution in [3.05, 3.63) is 42.0 Å². The van der Waals surface area contributed by atoms with E-state index in [0.29, 0.717) is 13.2 Å². The Kier molecular flexibility index (Phi) is 8.30. The van der Waals surface area contributed by atoms with Crippen LogP contribution in [0.5, 0.6) is 5.75 Å². The van der Waals surface area contributed by atoms with Gasteiger partial charge in [0.25, 0.3) is 0 Å². The fourth-order valence-electron chi connectivity index (χ4n) is 3.26. The summed E-state index contributed by atoms with van der Waals surface area (Å²) >= 11 is 0. The van der Waals surface area contributed by atoms with E-state index in [-0.39, 0.29) is 6.10 Å². The second kappa shape index (κ2) is 11.4. The Labute approximate surface area is 172 Å². The number of aryl methyl sites for hydroxylation is 2. The number of hydrogen-bond acceptors (Lipinski definition) is 5. The van der Waals surface area contributed by atoms with Crippen molar-refractivity contribution in [2.45, 2.75) is 51.8 Å². The van der Waals surface area contributed by atoms with E-state index in [1.165, 1.54) is 5.56 Å². The molecule has 0 spiro atoms. The summed E-state index contributed by atoms with van der Waals surface area (Å²) in [6.45, 7) is 5.97. The van der Waals surface area contributed by atoms with Crippen molar-refractivity contribution in [3.8, 4) is 5.75 Å². The summed E-state index contributed by atoms with van der Waals surface area (Å²) < 4.78 is 13.7. The molecule has 8 nitrogen and oxygen atoms in total. The molecule has 2 heterocycles. The molecule has 0 bridgehead atoms. The standard InChI is InChI=1S/C21H32N6O2/c1-17-7-8-18(20(12-17)29-14-19-6-5-11-28-19)13-24-21(22-2)23-9-3-4-10-27-15-25-26-16-27/h7-8,12,15-16,19H,3-6,9-11,13-14H2,1-2H3,(H2,22,23,24). The van der Waals surface area contributed by atoms with Crippen molar-refractivity contribution in [3.63, 3.8) is 0 Å². The van der Waals surface area contributed by atoms with Crippen LogP contribution in [0, 0.1) is 6.92 Å². The molecule has 0 radical (unpaired) electrons. The van der Waals surface area contributed by atoms with E-state index in [4.69, 9.17) is 9.47 Å². The van der Waals surface area contributed by atoms with Crippen LogP contribution in [0.3, 0.4) is 0 Å². The smallest absolute Gasteiger partial charge is 0.191 e. The lowest BCUT2D eigenvalue weighted by Gasteiger charge is -2.17. The van der Waals surface area contributed by atoms with Crippen LogP contribution in [0.4, 0.5) is 0 Å². The number of hydrogen-bond donors (Lipinski definition) is 2. The molecule has 0 aliphatic carbocycles. The topological polar surface area (TPSA) is 85.6 Å². The van der Waals surface area contributed by atoms with Gasteiger partial charge in [0.1, 0.15) is 25.0 Å². The normalized spacial score (nSPS) is 16.8. The largest absolute Gasteiger partial charge is 0.491 e. The molecule has 1 unspecified atom stereocenters. The molecule has 1 fully saturated rings. The maximum atomic E-state index is 6.08. The summed E-state index contributed by atoms with van der Waals surface area (Å²) in [6.07, 6.45) is 8.00. The zero-order chi connectivity index (χ0) is 20.3. The third-order valence-corrected chi connectivity index (χ3v) is 4.94. The Morgan fingerprint density at radius 3 is 2.90 bits per heavy atom. The predicted molar refractivity (Wildman–Crippen MR) is 113 cm³/mol. The molecule has 29 heavy (non-hydrogen) atoms. The van der Waals surface area contributed by atoms with E-state index in [2.05, 4.69) is 50.9 Å². The number of unbranched alkanes of at least 4 members (excludes halogenated alkanes) is 1. The first-order chi connectivity index (χ1) is 14.2. The van der Waals surface area contributed by atoms with E-state index >= 15 is 0 Å². The monoisotopic (exact) mass is 400 g/mol. The van der Waals surface area contributed by atoms with Crippen LogP contribution < -0.4 is 15.4 Å². The number of ether oxygens (including phenoxy) is 2. The van der Waals surface area contributed by atoms with Crippen LogP contribution in [0.15, 0.2) is 35.8 Å². The van der Waals surface area contributed by atoms with Gasteiger partial charge in [-0.3, -0.25) is 4.99 Å². The molecule has 0 saturated carbocycles. The highest BCUT2D eigenvalue weighted by Gasteiger charge is 2.17. The molecule has 2 aromatic rings. The van der Waals surface area contributed by atoms with Gasteiger partial charge in [0.05, 0.1) is 6.10 Å². The fraction of sp³-hybridized carbons (Fsp3) is 0.571. The maximum Gasteiger partial charge on any atom is 0.191 e. The van der Waals surface area contributed by atoms with Gasteiger partial charge in [-0.2, -0.15) is 0 Å². The Morgan fingerprint density at radius 1 is 1.28 bits per heavy atom. The molecule has 2 N–H and O–H groups in total. The number of aliphatic imine (C=N–C) groups is 1. The van der Waals surface area contributed by atoms with Gasteiger partial charge in [0.2, 0.25) is 0 Å². The number of nitrogens with one attached hydrogen (secondary N) is 2. The van der Waals surface area contributed by atoms with Crippen LogP contribution in [0.1, 0.15) is 36.8 Å². The average molecular weight is 401 g/mol. The van der Waals surface area contributed by atoms with Gasteiger partial charge in [-0.15, -0.1) is 10.2 Å². The van der Waals surface area contributed by atoms with Crippen LogP contribution in [0.25, 0.3) is 0 Å². The highest BCUT2D eigenvalue weighted by molar-refractivity contribution is 5.79. The molecule has 1 aromatic heterocycles. The molecule has 8 heteroatoms. The summed E-state index contributed by atoms with van der Waals surface area (Å²) in [6, 6.07) is 6.31. The Hall–Kier alpha value is -2.61. The van der Waals surface area contributed by atoms with Crippen molar-refractivity contribution < 1.29 is 9.47 Å². The first-order valence-electron chi connectivity index (χ1n) is 10.4. The van der Waals surface area contributed by atoms with Gasteiger partial charge >= 0.3 is 0 Å². The van der Waals surface area contributed by atoms with Crippen LogP contribution >= 0.6 is 0 Å². The molecular weight excluding hydrogens is 368 g/mol. The number of rotatable bonds is 10. The Balaban J connectivity index is 1.42. The molecule has 1 atom stereocenters. The quantitative estimate of drug-likeness (QED) is 0.362. The van der Waals surface area contributed by atoms with Gasteiger partial charge in [0, 0.05) is 38.9 Å². The summed E-state index contributed by atoms with van der Waals surface area (Å²) in [5, 5.41) is 14.4. The van der Waals surface area contributed by atoms with E-state index in [9.17, 15) is 0 Å². The summed E-state index contributed by atoms with van der Waals surface area (Å²) in [5.41, 5.74) is 2.30. The van der Waals surface area contributed by atoms with Gasteiger partial charge in [-0.25, -0.2) is 0 Å². The molecule has 1 saturated heterocycles. The van der Waals surface area contributed by atoms with E-state index in [1.807, 2.05) is 4.57 Å². The first-order valence-corrected chi connectivity index (χ1v) is 10.4. The molecule has 0 amide bonds. The maximum absolute atomic E-state index is 6.08. The van der Waals surface area contributed by atoms with Crippen molar-refractivity contribution >= 4 is 5.96 Å². The minimum absolute atomic E-state index is 0.212. The Morgan fingerprint density at radius 2 is 2.14 bits per heavy atom. The molecule has 1 aliphatic rings. The highest BCUT2D eigenvalue weighted by atomic mass is 16.5. The SMILES string of the molecule is CN=C(NCCCCn1cnnc1)NCc1ccc(C)cc1OCC1CCCO1. The van der Waals surface area contributed by atoms with Gasteiger partial charge in [0.15, 0.2) is 5.96 Å². The molecule has 3 rings (SSSR count). The third kappa shape index (κ3) is 7.05. The van der Waals surface area contributed by atoms with E-state index in [1.54, 1.807) is 19.7 Å². The number of aromatic nitrogens is 3. The second-order valence-corrected chi connectivity index (χ2v) is 7.32. The third-order valence-electron chi connectivity index (χ3n) is 4.94. The fourth-order valence-corrected chi connectivity index (χ4v) is 3.26. The zero-order valence-corrected chi connectivity index (χ0v) is 17.4. The number of guanidine groups is 1. The minimum atomic E-state index is 0.212. The van der Waals surface area contributed by atoms with Crippen molar-refractivity contribution in [1.29, 1.82) is 0 Å². The summed E-state index contributed by atoms with van der Waals surface area (Å²) in [7, 11) is 1.79. The van der Waals surface area contributed by atoms with E-state index in [0.717, 1.165) is 62.7 Å². The molecule has 158 valence electrons. The summed E-state index contributed by atoms with van der Waals surface area (Å²) in [4.78, 5) is 4.32. The van der Waals surface area contributed by atoms with Crippen LogP contribution in [-0.4, -0.2) is 53.6 Å². The highest BCUT2D eigenvalue weighted by Crippen LogP contribution is 2.22. The second-order valence-electron chi connectivity index (χ2n) is 7.32.